The maximum Gasteiger partial charge on any atom is 0.246 e. The second-order valence-electron chi connectivity index (χ2n) is 10.3. The first kappa shape index (κ1) is 24.7. The number of rotatable bonds is 8. The molecule has 3 fully saturated rings. The number of amides is 3. The zero-order valence-electron chi connectivity index (χ0n) is 20.7. The van der Waals surface area contributed by atoms with E-state index in [2.05, 4.69) is 22.8 Å². The number of fused-ring (bicyclic) bond motifs is 1. The van der Waals surface area contributed by atoms with Crippen molar-refractivity contribution in [1.29, 1.82) is 0 Å². The van der Waals surface area contributed by atoms with E-state index in [0.29, 0.717) is 13.1 Å². The highest BCUT2D eigenvalue weighted by Crippen LogP contribution is 2.35. The minimum absolute atomic E-state index is 0.0608. The van der Waals surface area contributed by atoms with Gasteiger partial charge in [0.25, 0.3) is 0 Å². The van der Waals surface area contributed by atoms with Crippen molar-refractivity contribution < 1.29 is 14.4 Å². The lowest BCUT2D eigenvalue weighted by Gasteiger charge is -2.40. The molecule has 0 aromatic heterocycles. The Morgan fingerprint density at radius 1 is 1.03 bits per heavy atom. The normalized spacial score (nSPS) is 25.1. The van der Waals surface area contributed by atoms with E-state index in [1.807, 2.05) is 28.0 Å². The Bertz CT molecular complexity index is 855. The topological polar surface area (TPSA) is 81.8 Å². The highest BCUT2D eigenvalue weighted by Gasteiger charge is 2.48. The number of carbonyl (C=O) groups is 3. The molecular weight excluding hydrogens is 428 g/mol. The van der Waals surface area contributed by atoms with Gasteiger partial charge >= 0.3 is 0 Å². The minimum atomic E-state index is -0.546. The Morgan fingerprint density at radius 3 is 2.44 bits per heavy atom. The van der Waals surface area contributed by atoms with Crippen LogP contribution in [0.5, 0.6) is 0 Å². The van der Waals surface area contributed by atoms with E-state index in [0.717, 1.165) is 51.5 Å². The molecule has 1 saturated carbocycles. The first-order chi connectivity index (χ1) is 16.5. The van der Waals surface area contributed by atoms with Crippen LogP contribution in [0, 0.1) is 11.8 Å². The molecule has 2 N–H and O–H groups in total. The molecule has 1 aromatic carbocycles. The van der Waals surface area contributed by atoms with Gasteiger partial charge in [0, 0.05) is 19.6 Å². The van der Waals surface area contributed by atoms with Crippen molar-refractivity contribution in [3.8, 4) is 0 Å². The van der Waals surface area contributed by atoms with Crippen molar-refractivity contribution in [3.05, 3.63) is 35.9 Å². The minimum Gasteiger partial charge on any atom is -0.343 e. The molecule has 7 nitrogen and oxygen atoms in total. The van der Waals surface area contributed by atoms with E-state index in [4.69, 9.17) is 0 Å². The van der Waals surface area contributed by atoms with Crippen LogP contribution in [0.15, 0.2) is 30.3 Å². The monoisotopic (exact) mass is 468 g/mol. The van der Waals surface area contributed by atoms with Crippen LogP contribution in [0.4, 0.5) is 0 Å². The van der Waals surface area contributed by atoms with Gasteiger partial charge in [-0.05, 0) is 63.5 Å². The molecule has 1 aliphatic carbocycles. The molecule has 186 valence electrons. The number of likely N-dealkylation sites (N-methyl/N-ethyl adjacent to an activating group) is 1. The first-order valence-corrected chi connectivity index (χ1v) is 13.1. The average Bonchev–Trinajstić information content (AvgIpc) is 3.32. The molecule has 2 aliphatic heterocycles. The summed E-state index contributed by atoms with van der Waals surface area (Å²) in [6.07, 6.45) is 7.88. The van der Waals surface area contributed by atoms with Gasteiger partial charge in [0.1, 0.15) is 12.1 Å². The quantitative estimate of drug-likeness (QED) is 0.614. The van der Waals surface area contributed by atoms with Gasteiger partial charge in [-0.3, -0.25) is 14.4 Å². The molecule has 34 heavy (non-hydrogen) atoms. The van der Waals surface area contributed by atoms with Crippen LogP contribution in [0.1, 0.15) is 57.4 Å². The maximum atomic E-state index is 13.9. The van der Waals surface area contributed by atoms with Crippen LogP contribution >= 0.6 is 0 Å². The Kier molecular flexibility index (Phi) is 8.24. The van der Waals surface area contributed by atoms with Crippen molar-refractivity contribution in [2.75, 3.05) is 26.7 Å². The lowest BCUT2D eigenvalue weighted by Crippen LogP contribution is -2.60. The van der Waals surface area contributed by atoms with Crippen molar-refractivity contribution in [2.24, 2.45) is 11.8 Å². The zero-order valence-corrected chi connectivity index (χ0v) is 20.7. The lowest BCUT2D eigenvalue weighted by molar-refractivity contribution is -0.150. The summed E-state index contributed by atoms with van der Waals surface area (Å²) in [5.74, 6) is 0.232. The summed E-state index contributed by atoms with van der Waals surface area (Å²) in [6, 6.07) is 8.93. The van der Waals surface area contributed by atoms with Crippen LogP contribution in [-0.4, -0.2) is 72.3 Å². The lowest BCUT2D eigenvalue weighted by atomic mass is 9.83. The molecule has 0 bridgehead atoms. The molecule has 4 atom stereocenters. The molecule has 2 heterocycles. The standard InChI is InChI=1S/C27H40N4O3/c1-19(28-2)25(32)29-23(21-11-7-4-8-12-21)26(33)31-18-15-22-14-17-30(27(34)24(22)31)16-13-20-9-5-3-6-10-20/h3,5-6,9-10,19,21-24,28H,4,7-8,11-18H2,1-2H3,(H,29,32). The van der Waals surface area contributed by atoms with E-state index < -0.39 is 6.04 Å². The summed E-state index contributed by atoms with van der Waals surface area (Å²) in [6.45, 7) is 3.85. The fourth-order valence-corrected chi connectivity index (χ4v) is 5.93. The van der Waals surface area contributed by atoms with Gasteiger partial charge in [-0.1, -0.05) is 49.6 Å². The van der Waals surface area contributed by atoms with E-state index in [-0.39, 0.29) is 41.6 Å². The number of nitrogens with zero attached hydrogens (tertiary/aromatic N) is 2. The fourth-order valence-electron chi connectivity index (χ4n) is 5.93. The van der Waals surface area contributed by atoms with Gasteiger partial charge in [0.05, 0.1) is 6.04 Å². The van der Waals surface area contributed by atoms with Crippen molar-refractivity contribution in [1.82, 2.24) is 20.4 Å². The second kappa shape index (κ2) is 11.3. The van der Waals surface area contributed by atoms with Crippen LogP contribution in [0.3, 0.4) is 0 Å². The molecule has 1 aromatic rings. The van der Waals surface area contributed by atoms with Crippen molar-refractivity contribution in [2.45, 2.75) is 76.4 Å². The number of hydrogen-bond acceptors (Lipinski definition) is 4. The third-order valence-electron chi connectivity index (χ3n) is 8.17. The van der Waals surface area contributed by atoms with Gasteiger partial charge in [-0.2, -0.15) is 0 Å². The number of hydrogen-bond donors (Lipinski definition) is 2. The number of piperidine rings is 1. The molecule has 4 unspecified atom stereocenters. The van der Waals surface area contributed by atoms with E-state index in [9.17, 15) is 14.4 Å². The molecule has 7 heteroatoms. The Balaban J connectivity index is 1.47. The third-order valence-corrected chi connectivity index (χ3v) is 8.17. The van der Waals surface area contributed by atoms with Gasteiger partial charge in [0.15, 0.2) is 0 Å². The summed E-state index contributed by atoms with van der Waals surface area (Å²) >= 11 is 0. The number of likely N-dealkylation sites (tertiary alicyclic amines) is 2. The second-order valence-corrected chi connectivity index (χ2v) is 10.3. The number of nitrogens with one attached hydrogen (secondary N) is 2. The summed E-state index contributed by atoms with van der Waals surface area (Å²) in [4.78, 5) is 43.9. The first-order valence-electron chi connectivity index (χ1n) is 13.1. The zero-order chi connectivity index (χ0) is 24.1. The van der Waals surface area contributed by atoms with Crippen molar-refractivity contribution >= 4 is 17.7 Å². The molecule has 3 aliphatic rings. The van der Waals surface area contributed by atoms with Crippen LogP contribution < -0.4 is 10.6 Å². The highest BCUT2D eigenvalue weighted by atomic mass is 16.2. The van der Waals surface area contributed by atoms with E-state index in [1.165, 1.54) is 12.0 Å². The molecule has 0 radical (unpaired) electrons. The fraction of sp³-hybridized carbons (Fsp3) is 0.667. The van der Waals surface area contributed by atoms with Crippen LogP contribution in [0.2, 0.25) is 0 Å². The Hall–Kier alpha value is -2.41. The summed E-state index contributed by atoms with van der Waals surface area (Å²) in [5, 5.41) is 6.03. The van der Waals surface area contributed by atoms with Gasteiger partial charge in [-0.25, -0.2) is 0 Å². The van der Waals surface area contributed by atoms with Crippen LogP contribution in [0.25, 0.3) is 0 Å². The molecular formula is C27H40N4O3. The Morgan fingerprint density at radius 2 is 1.74 bits per heavy atom. The van der Waals surface area contributed by atoms with Gasteiger partial charge in [0.2, 0.25) is 17.7 Å². The number of benzene rings is 1. The summed E-state index contributed by atoms with van der Waals surface area (Å²) in [7, 11) is 1.75. The highest BCUT2D eigenvalue weighted by molar-refractivity contribution is 5.94. The van der Waals surface area contributed by atoms with E-state index in [1.54, 1.807) is 14.0 Å². The molecule has 2 saturated heterocycles. The maximum absolute atomic E-state index is 13.9. The van der Waals surface area contributed by atoms with E-state index >= 15 is 0 Å². The predicted octanol–water partition coefficient (Wildman–Crippen LogP) is 2.35. The number of carbonyl (C=O) groups excluding carboxylic acids is 3. The Labute approximate surface area is 203 Å². The van der Waals surface area contributed by atoms with Gasteiger partial charge in [-0.15, -0.1) is 0 Å². The molecule has 4 rings (SSSR count). The largest absolute Gasteiger partial charge is 0.343 e. The van der Waals surface area contributed by atoms with Gasteiger partial charge < -0.3 is 20.4 Å². The predicted molar refractivity (Wildman–Crippen MR) is 132 cm³/mol. The summed E-state index contributed by atoms with van der Waals surface area (Å²) in [5.41, 5.74) is 1.22. The SMILES string of the molecule is CNC(C)C(=O)NC(C(=O)N1CCC2CCN(CCc3ccccc3)C(=O)C21)C1CCCCC1. The molecule has 0 spiro atoms. The van der Waals surface area contributed by atoms with Crippen molar-refractivity contribution in [3.63, 3.8) is 0 Å². The smallest absolute Gasteiger partial charge is 0.246 e. The summed E-state index contributed by atoms with van der Waals surface area (Å²) < 4.78 is 0. The third kappa shape index (κ3) is 5.45. The van der Waals surface area contributed by atoms with Crippen LogP contribution in [-0.2, 0) is 20.8 Å². The molecule has 3 amide bonds. The average molecular weight is 469 g/mol.